The van der Waals surface area contributed by atoms with Crippen LogP contribution in [-0.4, -0.2) is 0 Å². The molecule has 0 amide bonds. The van der Waals surface area contributed by atoms with Crippen LogP contribution < -0.4 is 9.13 Å². The zero-order valence-corrected chi connectivity index (χ0v) is 15.1. The van der Waals surface area contributed by atoms with Crippen LogP contribution in [0.4, 0.5) is 0 Å². The zero-order valence-electron chi connectivity index (χ0n) is 14.3. The first-order valence-electron chi connectivity index (χ1n) is 8.37. The molecule has 0 spiro atoms. The van der Waals surface area contributed by atoms with Crippen molar-refractivity contribution in [2.24, 2.45) is 20.0 Å². The van der Waals surface area contributed by atoms with Crippen molar-refractivity contribution in [1.82, 2.24) is 0 Å². The van der Waals surface area contributed by atoms with Gasteiger partial charge in [-0.25, -0.2) is 4.57 Å². The molecule has 1 unspecified atom stereocenters. The largest absolute Gasteiger partial charge is 0.245 e. The van der Waals surface area contributed by atoms with Gasteiger partial charge in [-0.2, -0.15) is 4.57 Å². The van der Waals surface area contributed by atoms with Crippen molar-refractivity contribution in [2.45, 2.75) is 12.8 Å². The second-order valence-corrected chi connectivity index (χ2v) is 7.55. The summed E-state index contributed by atoms with van der Waals surface area (Å²) in [6, 6.07) is 15.1. The summed E-state index contributed by atoms with van der Waals surface area (Å²) in [6.45, 7) is 2.34. The molecule has 0 fully saturated rings. The van der Waals surface area contributed by atoms with E-state index in [-0.39, 0.29) is 0 Å². The van der Waals surface area contributed by atoms with E-state index >= 15 is 0 Å². The van der Waals surface area contributed by atoms with Gasteiger partial charge in [0.25, 0.3) is 0 Å². The van der Waals surface area contributed by atoms with Crippen LogP contribution in [0.1, 0.15) is 23.5 Å². The van der Waals surface area contributed by atoms with E-state index in [9.17, 15) is 0 Å². The van der Waals surface area contributed by atoms with Gasteiger partial charge in [0, 0.05) is 29.7 Å². The SMILES string of the molecule is C[C@@H]1C(c2cccc[n+]2C)=CC=CC1c1sc2ccccc2[n+]1C. The fraction of sp³-hybridized carbons (Fsp3) is 0.238. The average molecular weight is 334 g/mol. The molecule has 2 heterocycles. The smallest absolute Gasteiger partial charge is 0.201 e. The van der Waals surface area contributed by atoms with Gasteiger partial charge in [0.2, 0.25) is 16.2 Å². The van der Waals surface area contributed by atoms with Crippen LogP contribution in [0, 0.1) is 5.92 Å². The van der Waals surface area contributed by atoms with Crippen molar-refractivity contribution < 1.29 is 9.13 Å². The van der Waals surface area contributed by atoms with Gasteiger partial charge in [0.05, 0.1) is 5.92 Å². The van der Waals surface area contributed by atoms with Gasteiger partial charge in [-0.05, 0) is 12.1 Å². The molecule has 4 rings (SSSR count). The molecule has 120 valence electrons. The van der Waals surface area contributed by atoms with Crippen molar-refractivity contribution in [3.63, 3.8) is 0 Å². The number of allylic oxidation sites excluding steroid dienone is 4. The molecule has 3 aromatic rings. The van der Waals surface area contributed by atoms with Gasteiger partial charge in [0.15, 0.2) is 6.20 Å². The normalized spacial score (nSPS) is 20.4. The third-order valence-corrected chi connectivity index (χ3v) is 6.35. The van der Waals surface area contributed by atoms with Crippen molar-refractivity contribution in [1.29, 1.82) is 0 Å². The van der Waals surface area contributed by atoms with Crippen LogP contribution >= 0.6 is 11.3 Å². The fourth-order valence-electron chi connectivity index (χ4n) is 3.64. The number of rotatable bonds is 2. The molecule has 1 aromatic carbocycles. The maximum absolute atomic E-state index is 2.36. The van der Waals surface area contributed by atoms with E-state index in [1.807, 2.05) is 11.3 Å². The molecule has 2 aromatic heterocycles. The number of hydrogen-bond donors (Lipinski definition) is 0. The van der Waals surface area contributed by atoms with Gasteiger partial charge in [0.1, 0.15) is 18.8 Å². The minimum atomic E-state index is 0.410. The first-order chi connectivity index (χ1) is 11.7. The van der Waals surface area contributed by atoms with Crippen molar-refractivity contribution in [3.8, 4) is 0 Å². The Morgan fingerprint density at radius 3 is 2.58 bits per heavy atom. The molecule has 0 saturated carbocycles. The fourth-order valence-corrected chi connectivity index (χ4v) is 4.98. The van der Waals surface area contributed by atoms with Crippen molar-refractivity contribution in [3.05, 3.63) is 77.6 Å². The lowest BCUT2D eigenvalue weighted by Gasteiger charge is -2.22. The van der Waals surface area contributed by atoms with Gasteiger partial charge < -0.3 is 0 Å². The first-order valence-corrected chi connectivity index (χ1v) is 9.19. The Kier molecular flexibility index (Phi) is 3.81. The van der Waals surface area contributed by atoms with E-state index in [2.05, 4.69) is 97.0 Å². The Balaban J connectivity index is 1.78. The molecule has 0 bridgehead atoms. The Labute approximate surface area is 147 Å². The zero-order chi connectivity index (χ0) is 16.7. The van der Waals surface area contributed by atoms with Crippen molar-refractivity contribution >= 4 is 27.1 Å². The highest BCUT2D eigenvalue weighted by atomic mass is 32.1. The minimum Gasteiger partial charge on any atom is -0.201 e. The average Bonchev–Trinajstić information content (AvgIpc) is 2.93. The third kappa shape index (κ3) is 2.40. The number of para-hydroxylation sites is 1. The highest BCUT2D eigenvalue weighted by Crippen LogP contribution is 2.39. The lowest BCUT2D eigenvalue weighted by atomic mass is 9.82. The van der Waals surface area contributed by atoms with Crippen molar-refractivity contribution in [2.75, 3.05) is 0 Å². The predicted molar refractivity (Wildman–Crippen MR) is 99.6 cm³/mol. The van der Waals surface area contributed by atoms with Gasteiger partial charge >= 0.3 is 0 Å². The number of pyridine rings is 1. The lowest BCUT2D eigenvalue weighted by molar-refractivity contribution is -0.674. The van der Waals surface area contributed by atoms with Gasteiger partial charge in [-0.1, -0.05) is 48.6 Å². The summed E-state index contributed by atoms with van der Waals surface area (Å²) >= 11 is 1.91. The van der Waals surface area contributed by atoms with E-state index < -0.39 is 0 Å². The number of aryl methyl sites for hydroxylation is 2. The second-order valence-electron chi connectivity index (χ2n) is 6.49. The van der Waals surface area contributed by atoms with Crippen LogP contribution in [-0.2, 0) is 14.1 Å². The molecule has 0 radical (unpaired) electrons. The third-order valence-electron chi connectivity index (χ3n) is 5.03. The Morgan fingerprint density at radius 1 is 1.00 bits per heavy atom. The van der Waals surface area contributed by atoms with Gasteiger partial charge in [-0.3, -0.25) is 0 Å². The summed E-state index contributed by atoms with van der Waals surface area (Å²) < 4.78 is 5.93. The lowest BCUT2D eigenvalue weighted by Crippen LogP contribution is -2.36. The van der Waals surface area contributed by atoms with E-state index in [0.29, 0.717) is 11.8 Å². The molecule has 24 heavy (non-hydrogen) atoms. The molecule has 2 atom stereocenters. The summed E-state index contributed by atoms with van der Waals surface area (Å²) in [5.74, 6) is 0.857. The van der Waals surface area contributed by atoms with E-state index in [1.165, 1.54) is 26.5 Å². The second kappa shape index (κ2) is 5.99. The summed E-state index contributed by atoms with van der Waals surface area (Å²) in [6.07, 6.45) is 8.96. The first kappa shape index (κ1) is 15.3. The van der Waals surface area contributed by atoms with Crippen LogP contribution in [0.3, 0.4) is 0 Å². The number of thiazole rings is 1. The molecule has 1 aliphatic rings. The van der Waals surface area contributed by atoms with E-state index in [1.54, 1.807) is 0 Å². The Hall–Kier alpha value is -2.26. The quantitative estimate of drug-likeness (QED) is 0.628. The number of fused-ring (bicyclic) bond motifs is 1. The molecule has 3 heteroatoms. The summed E-state index contributed by atoms with van der Waals surface area (Å²) in [4.78, 5) is 0. The highest BCUT2D eigenvalue weighted by Gasteiger charge is 2.34. The molecule has 1 aliphatic carbocycles. The molecule has 0 aliphatic heterocycles. The topological polar surface area (TPSA) is 7.76 Å². The number of hydrogen-bond acceptors (Lipinski definition) is 1. The molecular formula is C21H22N2S+2. The van der Waals surface area contributed by atoms with E-state index in [0.717, 1.165) is 0 Å². The predicted octanol–water partition coefficient (Wildman–Crippen LogP) is 3.92. The molecule has 0 saturated heterocycles. The van der Waals surface area contributed by atoms with Crippen LogP contribution in [0.2, 0.25) is 0 Å². The van der Waals surface area contributed by atoms with Gasteiger partial charge in [-0.15, -0.1) is 0 Å². The maximum atomic E-state index is 2.36. The summed E-state index contributed by atoms with van der Waals surface area (Å²) in [5, 5.41) is 1.42. The summed E-state index contributed by atoms with van der Waals surface area (Å²) in [7, 11) is 4.31. The number of aromatic nitrogens is 2. The highest BCUT2D eigenvalue weighted by molar-refractivity contribution is 7.18. The number of nitrogens with zero attached hydrogens (tertiary/aromatic N) is 2. The monoisotopic (exact) mass is 334 g/mol. The Morgan fingerprint density at radius 2 is 1.79 bits per heavy atom. The van der Waals surface area contributed by atoms with Crippen LogP contribution in [0.25, 0.3) is 15.8 Å². The molecular weight excluding hydrogens is 312 g/mol. The maximum Gasteiger partial charge on any atom is 0.245 e. The number of benzene rings is 1. The van der Waals surface area contributed by atoms with Crippen LogP contribution in [0.5, 0.6) is 0 Å². The van der Waals surface area contributed by atoms with Crippen LogP contribution in [0.15, 0.2) is 66.9 Å². The Bertz CT molecular complexity index is 965. The molecule has 2 nitrogen and oxygen atoms in total. The molecule has 0 N–H and O–H groups in total. The summed E-state index contributed by atoms with van der Waals surface area (Å²) in [5.41, 5.74) is 4.02. The van der Waals surface area contributed by atoms with E-state index in [4.69, 9.17) is 0 Å². The minimum absolute atomic E-state index is 0.410. The standard InChI is InChI=1S/C21H22N2S/c1-15-16(18-11-6-7-14-22(18)2)9-8-10-17(15)21-23(3)19-12-4-5-13-20(19)24-21/h4-15,17H,1-3H3/q+2/t15-,17?/m1/s1.